The molecule has 0 aliphatic heterocycles. The number of hydrogen-bond donors (Lipinski definition) is 3. The van der Waals surface area contributed by atoms with Gasteiger partial charge in [0.15, 0.2) is 11.5 Å². The summed E-state index contributed by atoms with van der Waals surface area (Å²) in [7, 11) is 0. The fourth-order valence-electron chi connectivity index (χ4n) is 1.67. The second-order valence-electron chi connectivity index (χ2n) is 4.23. The largest absolute Gasteiger partial charge is 0.504 e. The molecule has 1 heterocycles. The van der Waals surface area contributed by atoms with Crippen molar-refractivity contribution in [3.8, 4) is 11.5 Å². The average molecular weight is 301 g/mol. The number of nitrogens with zero attached hydrogens (tertiary/aromatic N) is 2. The zero-order valence-electron chi connectivity index (χ0n) is 11.9. The number of benzene rings is 1. The van der Waals surface area contributed by atoms with Gasteiger partial charge in [0.1, 0.15) is 5.82 Å². The van der Waals surface area contributed by atoms with Gasteiger partial charge in [-0.25, -0.2) is 9.78 Å². The first-order chi connectivity index (χ1) is 10.6. The van der Waals surface area contributed by atoms with E-state index in [2.05, 4.69) is 15.5 Å². The second kappa shape index (κ2) is 7.07. The van der Waals surface area contributed by atoms with Crippen molar-refractivity contribution in [2.45, 2.75) is 6.92 Å². The summed E-state index contributed by atoms with van der Waals surface area (Å²) in [6.45, 7) is 2.28. The summed E-state index contributed by atoms with van der Waals surface area (Å²) in [6, 6.07) is 8.00. The van der Waals surface area contributed by atoms with Crippen LogP contribution in [0.2, 0.25) is 0 Å². The maximum atomic E-state index is 10.7. The summed E-state index contributed by atoms with van der Waals surface area (Å²) in [5.41, 5.74) is 3.23. The number of aromatic hydroxyl groups is 1. The third-order valence-electron chi connectivity index (χ3n) is 2.72. The van der Waals surface area contributed by atoms with Gasteiger partial charge in [0.25, 0.3) is 0 Å². The zero-order chi connectivity index (χ0) is 15.9. The van der Waals surface area contributed by atoms with Crippen LogP contribution in [0, 0.1) is 0 Å². The molecule has 0 aliphatic carbocycles. The predicted octanol–water partition coefficient (Wildman–Crippen LogP) is 2.33. The standard InChI is InChI=1S/C15H15N3O4/c1-2-22-12-5-3-4-10(14(12)19)9-17-18-13-7-6-11(8-16-13)15(20)21/h3-9,19H,2H2,1H3,(H,16,18)(H,20,21)/b17-9+. The number of nitrogens with one attached hydrogen (secondary N) is 1. The number of aromatic carboxylic acids is 1. The minimum absolute atomic E-state index is 0.00378. The van der Waals surface area contributed by atoms with E-state index in [0.717, 1.165) is 0 Å². The van der Waals surface area contributed by atoms with Crippen LogP contribution in [0.15, 0.2) is 41.6 Å². The molecule has 0 bridgehead atoms. The molecule has 2 rings (SSSR count). The predicted molar refractivity (Wildman–Crippen MR) is 81.7 cm³/mol. The number of para-hydroxylation sites is 1. The van der Waals surface area contributed by atoms with Crippen molar-refractivity contribution in [1.29, 1.82) is 0 Å². The normalized spacial score (nSPS) is 10.6. The van der Waals surface area contributed by atoms with Gasteiger partial charge in [-0.15, -0.1) is 0 Å². The van der Waals surface area contributed by atoms with Gasteiger partial charge in [0.05, 0.1) is 18.4 Å². The molecule has 0 radical (unpaired) electrons. The van der Waals surface area contributed by atoms with Crippen LogP contribution >= 0.6 is 0 Å². The van der Waals surface area contributed by atoms with E-state index < -0.39 is 5.97 Å². The number of carboxylic acids is 1. The monoisotopic (exact) mass is 301 g/mol. The molecule has 0 amide bonds. The van der Waals surface area contributed by atoms with E-state index in [-0.39, 0.29) is 11.3 Å². The molecule has 0 aliphatic rings. The van der Waals surface area contributed by atoms with Gasteiger partial charge in [-0.3, -0.25) is 5.43 Å². The van der Waals surface area contributed by atoms with Gasteiger partial charge in [0, 0.05) is 11.8 Å². The van der Waals surface area contributed by atoms with Crippen molar-refractivity contribution in [1.82, 2.24) is 4.98 Å². The van der Waals surface area contributed by atoms with E-state index in [1.807, 2.05) is 6.92 Å². The van der Waals surface area contributed by atoms with Crippen LogP contribution in [-0.4, -0.2) is 34.0 Å². The molecule has 0 spiro atoms. The van der Waals surface area contributed by atoms with E-state index in [1.54, 1.807) is 18.2 Å². The highest BCUT2D eigenvalue weighted by atomic mass is 16.5. The average Bonchev–Trinajstić information content (AvgIpc) is 2.51. The summed E-state index contributed by atoms with van der Waals surface area (Å²) < 4.78 is 5.28. The maximum absolute atomic E-state index is 10.7. The Balaban J connectivity index is 2.06. The summed E-state index contributed by atoms with van der Waals surface area (Å²) in [6.07, 6.45) is 2.65. The Morgan fingerprint density at radius 1 is 1.41 bits per heavy atom. The maximum Gasteiger partial charge on any atom is 0.337 e. The van der Waals surface area contributed by atoms with E-state index in [4.69, 9.17) is 9.84 Å². The molecule has 0 saturated heterocycles. The van der Waals surface area contributed by atoms with Crippen LogP contribution in [0.3, 0.4) is 0 Å². The van der Waals surface area contributed by atoms with E-state index in [9.17, 15) is 9.90 Å². The molecule has 3 N–H and O–H groups in total. The number of phenolic OH excluding ortho intramolecular Hbond substituents is 1. The van der Waals surface area contributed by atoms with Crippen LogP contribution in [-0.2, 0) is 0 Å². The van der Waals surface area contributed by atoms with Gasteiger partial charge in [-0.05, 0) is 31.2 Å². The molecule has 0 atom stereocenters. The lowest BCUT2D eigenvalue weighted by Crippen LogP contribution is -1.99. The number of pyridine rings is 1. The molecule has 0 unspecified atom stereocenters. The number of carbonyl (C=O) groups is 1. The Morgan fingerprint density at radius 3 is 2.86 bits per heavy atom. The molecular weight excluding hydrogens is 286 g/mol. The number of aromatic nitrogens is 1. The molecule has 2 aromatic rings. The van der Waals surface area contributed by atoms with Crippen LogP contribution < -0.4 is 10.2 Å². The van der Waals surface area contributed by atoms with Gasteiger partial charge in [-0.1, -0.05) is 6.07 Å². The number of ether oxygens (including phenoxy) is 1. The molecule has 114 valence electrons. The molecular formula is C15H15N3O4. The summed E-state index contributed by atoms with van der Waals surface area (Å²) >= 11 is 0. The highest BCUT2D eigenvalue weighted by Crippen LogP contribution is 2.28. The van der Waals surface area contributed by atoms with Gasteiger partial charge in [0.2, 0.25) is 0 Å². The fraction of sp³-hybridized carbons (Fsp3) is 0.133. The fourth-order valence-corrected chi connectivity index (χ4v) is 1.67. The van der Waals surface area contributed by atoms with Gasteiger partial charge >= 0.3 is 5.97 Å². The summed E-state index contributed by atoms with van der Waals surface area (Å²) in [4.78, 5) is 14.6. The molecule has 1 aromatic heterocycles. The van der Waals surface area contributed by atoms with Crippen LogP contribution in [0.25, 0.3) is 0 Å². The lowest BCUT2D eigenvalue weighted by Gasteiger charge is -2.07. The van der Waals surface area contributed by atoms with Gasteiger partial charge in [-0.2, -0.15) is 5.10 Å². The minimum Gasteiger partial charge on any atom is -0.504 e. The number of anilines is 1. The second-order valence-corrected chi connectivity index (χ2v) is 4.23. The van der Waals surface area contributed by atoms with E-state index in [1.165, 1.54) is 24.5 Å². The third kappa shape index (κ3) is 3.72. The number of phenols is 1. The Labute approximate surface area is 126 Å². The van der Waals surface area contributed by atoms with Crippen LogP contribution in [0.1, 0.15) is 22.8 Å². The highest BCUT2D eigenvalue weighted by Gasteiger charge is 2.06. The molecule has 0 saturated carbocycles. The zero-order valence-corrected chi connectivity index (χ0v) is 11.9. The molecule has 22 heavy (non-hydrogen) atoms. The molecule has 0 fully saturated rings. The van der Waals surface area contributed by atoms with Crippen molar-refractivity contribution in [2.75, 3.05) is 12.0 Å². The number of carboxylic acid groups (broad SMARTS) is 1. The Kier molecular flexibility index (Phi) is 4.92. The quantitative estimate of drug-likeness (QED) is 0.559. The molecule has 7 nitrogen and oxygen atoms in total. The van der Waals surface area contributed by atoms with E-state index >= 15 is 0 Å². The van der Waals surface area contributed by atoms with Gasteiger partial charge < -0.3 is 14.9 Å². The van der Waals surface area contributed by atoms with Crippen molar-refractivity contribution in [3.63, 3.8) is 0 Å². The van der Waals surface area contributed by atoms with Crippen molar-refractivity contribution >= 4 is 18.0 Å². The Hall–Kier alpha value is -3.09. The lowest BCUT2D eigenvalue weighted by atomic mass is 10.2. The van der Waals surface area contributed by atoms with Crippen LogP contribution in [0.4, 0.5) is 5.82 Å². The third-order valence-corrected chi connectivity index (χ3v) is 2.72. The first-order valence-corrected chi connectivity index (χ1v) is 6.55. The number of hydrazone groups is 1. The summed E-state index contributed by atoms with van der Waals surface area (Å²) in [5, 5.41) is 22.7. The first kappa shape index (κ1) is 15.3. The van der Waals surface area contributed by atoms with Crippen molar-refractivity contribution in [2.24, 2.45) is 5.10 Å². The molecule has 1 aromatic carbocycles. The topological polar surface area (TPSA) is 104 Å². The highest BCUT2D eigenvalue weighted by molar-refractivity contribution is 5.87. The summed E-state index contributed by atoms with van der Waals surface area (Å²) in [5.74, 6) is -0.263. The van der Waals surface area contributed by atoms with Crippen molar-refractivity contribution in [3.05, 3.63) is 47.7 Å². The smallest absolute Gasteiger partial charge is 0.337 e. The SMILES string of the molecule is CCOc1cccc(/C=N/Nc2ccc(C(=O)O)cn2)c1O. The number of rotatable bonds is 6. The lowest BCUT2D eigenvalue weighted by molar-refractivity contribution is 0.0696. The Bertz CT molecular complexity index is 684. The first-order valence-electron chi connectivity index (χ1n) is 6.55. The minimum atomic E-state index is -1.04. The number of hydrogen-bond acceptors (Lipinski definition) is 6. The van der Waals surface area contributed by atoms with E-state index in [0.29, 0.717) is 23.7 Å². The molecule has 7 heteroatoms. The van der Waals surface area contributed by atoms with Crippen LogP contribution in [0.5, 0.6) is 11.5 Å². The Morgan fingerprint density at radius 2 is 2.23 bits per heavy atom. The van der Waals surface area contributed by atoms with Crippen molar-refractivity contribution < 1.29 is 19.7 Å².